The molecule has 182 valence electrons. The smallest absolute Gasteiger partial charge is 0.404 e. The lowest BCUT2D eigenvalue weighted by Crippen LogP contribution is -2.50. The Bertz CT molecular complexity index is 1240. The molecule has 0 spiro atoms. The number of methoxy groups -OCH3 is 1. The van der Waals surface area contributed by atoms with Crippen LogP contribution in [-0.4, -0.2) is 55.4 Å². The van der Waals surface area contributed by atoms with E-state index in [0.29, 0.717) is 11.4 Å². The molecule has 13 heteroatoms. The number of hydrogen-bond donors (Lipinski definition) is 4. The second-order valence-electron chi connectivity index (χ2n) is 8.12. The van der Waals surface area contributed by atoms with Gasteiger partial charge in [0.2, 0.25) is 5.88 Å². The molecule has 0 aromatic carbocycles. The number of anilines is 3. The Hall–Kier alpha value is -4.47. The molecule has 1 saturated carbocycles. The first-order valence-corrected chi connectivity index (χ1v) is 10.9. The molecule has 1 fully saturated rings. The van der Waals surface area contributed by atoms with Gasteiger partial charge in [0.1, 0.15) is 11.8 Å². The van der Waals surface area contributed by atoms with Crippen molar-refractivity contribution in [2.24, 2.45) is 5.92 Å². The van der Waals surface area contributed by atoms with Crippen molar-refractivity contribution >= 4 is 23.4 Å². The summed E-state index contributed by atoms with van der Waals surface area (Å²) in [6, 6.07) is 3.82. The quantitative estimate of drug-likeness (QED) is 0.357. The van der Waals surface area contributed by atoms with Crippen LogP contribution in [0.1, 0.15) is 31.7 Å². The topological polar surface area (TPSA) is 163 Å². The standard InChI is InChI=1S/C22H24FN9O3/c1-12(28-22(33)34)18(13-4-3-5-13)30-20-16(23)8-14(10-24)19(31-20)29-15-9-17(21(35-2)25-11-15)32-26-6-7-27-32/h6-9,11-13,18,28H,3-5H2,1-2H3,(H,33,34)(H2,29,30,31)/t12-,18-/m0/s1. The number of nitriles is 1. The highest BCUT2D eigenvalue weighted by Gasteiger charge is 2.33. The summed E-state index contributed by atoms with van der Waals surface area (Å²) in [4.78, 5) is 21.0. The third-order valence-electron chi connectivity index (χ3n) is 5.87. The number of aromatic nitrogens is 5. The second kappa shape index (κ2) is 10.2. The van der Waals surface area contributed by atoms with Crippen molar-refractivity contribution < 1.29 is 19.0 Å². The van der Waals surface area contributed by atoms with E-state index in [-0.39, 0.29) is 35.0 Å². The third-order valence-corrected chi connectivity index (χ3v) is 5.87. The van der Waals surface area contributed by atoms with Gasteiger partial charge in [0, 0.05) is 6.04 Å². The van der Waals surface area contributed by atoms with Gasteiger partial charge in [0.15, 0.2) is 17.5 Å². The van der Waals surface area contributed by atoms with Gasteiger partial charge in [-0.15, -0.1) is 4.80 Å². The maximum atomic E-state index is 14.9. The van der Waals surface area contributed by atoms with E-state index in [0.717, 1.165) is 25.3 Å². The van der Waals surface area contributed by atoms with Gasteiger partial charge in [0.25, 0.3) is 0 Å². The van der Waals surface area contributed by atoms with Crippen LogP contribution >= 0.6 is 0 Å². The van der Waals surface area contributed by atoms with Gasteiger partial charge in [-0.2, -0.15) is 15.5 Å². The molecular formula is C22H24FN9O3. The largest absolute Gasteiger partial charge is 0.479 e. The van der Waals surface area contributed by atoms with E-state index >= 15 is 0 Å². The van der Waals surface area contributed by atoms with E-state index in [1.807, 2.05) is 6.07 Å². The fraction of sp³-hybridized carbons (Fsp3) is 0.364. The molecule has 1 aliphatic rings. The lowest BCUT2D eigenvalue weighted by atomic mass is 9.77. The molecule has 1 aliphatic carbocycles. The van der Waals surface area contributed by atoms with E-state index in [2.05, 4.69) is 36.1 Å². The zero-order valence-corrected chi connectivity index (χ0v) is 19.1. The molecule has 4 rings (SSSR count). The van der Waals surface area contributed by atoms with Crippen molar-refractivity contribution in [3.8, 4) is 17.6 Å². The molecule has 3 aromatic heterocycles. The van der Waals surface area contributed by atoms with Crippen LogP contribution in [0, 0.1) is 23.1 Å². The first-order chi connectivity index (χ1) is 16.9. The maximum Gasteiger partial charge on any atom is 0.404 e. The van der Waals surface area contributed by atoms with Crippen LogP contribution in [-0.2, 0) is 0 Å². The van der Waals surface area contributed by atoms with Crippen molar-refractivity contribution in [2.45, 2.75) is 38.3 Å². The van der Waals surface area contributed by atoms with E-state index in [1.165, 1.54) is 30.5 Å². The molecule has 0 radical (unpaired) electrons. The fourth-order valence-electron chi connectivity index (χ4n) is 3.95. The highest BCUT2D eigenvalue weighted by molar-refractivity contribution is 5.67. The number of hydrogen-bond acceptors (Lipinski definition) is 9. The second-order valence-corrected chi connectivity index (χ2v) is 8.12. The molecular weight excluding hydrogens is 457 g/mol. The molecule has 35 heavy (non-hydrogen) atoms. The van der Waals surface area contributed by atoms with E-state index in [9.17, 15) is 14.4 Å². The van der Waals surface area contributed by atoms with E-state index in [1.54, 1.807) is 13.0 Å². The third kappa shape index (κ3) is 5.21. The average molecular weight is 481 g/mol. The summed E-state index contributed by atoms with van der Waals surface area (Å²) in [6.45, 7) is 1.72. The molecule has 0 saturated heterocycles. The summed E-state index contributed by atoms with van der Waals surface area (Å²) in [5.74, 6) is -0.245. The summed E-state index contributed by atoms with van der Waals surface area (Å²) in [6.07, 6.45) is 6.14. The van der Waals surface area contributed by atoms with E-state index < -0.39 is 18.0 Å². The molecule has 0 aliphatic heterocycles. The molecule has 3 aromatic rings. The van der Waals surface area contributed by atoms with Crippen LogP contribution in [0.2, 0.25) is 0 Å². The zero-order valence-electron chi connectivity index (χ0n) is 19.1. The van der Waals surface area contributed by atoms with Crippen LogP contribution in [0.3, 0.4) is 0 Å². The van der Waals surface area contributed by atoms with Gasteiger partial charge >= 0.3 is 6.09 Å². The Morgan fingerprint density at radius 1 is 1.31 bits per heavy atom. The summed E-state index contributed by atoms with van der Waals surface area (Å²) in [7, 11) is 1.47. The first kappa shape index (κ1) is 23.7. The lowest BCUT2D eigenvalue weighted by molar-refractivity contribution is 0.180. The number of nitrogens with zero attached hydrogens (tertiary/aromatic N) is 6. The summed E-state index contributed by atoms with van der Waals surface area (Å²) in [5, 5.41) is 35.4. The van der Waals surface area contributed by atoms with Crippen LogP contribution in [0.15, 0.2) is 30.7 Å². The number of halogens is 1. The Labute approximate surface area is 200 Å². The number of rotatable bonds is 9. The Morgan fingerprint density at radius 3 is 2.66 bits per heavy atom. The fourth-order valence-corrected chi connectivity index (χ4v) is 3.95. The van der Waals surface area contributed by atoms with Crippen LogP contribution in [0.5, 0.6) is 5.88 Å². The Morgan fingerprint density at radius 2 is 2.06 bits per heavy atom. The lowest BCUT2D eigenvalue weighted by Gasteiger charge is -2.38. The van der Waals surface area contributed by atoms with Crippen molar-refractivity contribution in [1.29, 1.82) is 5.26 Å². The highest BCUT2D eigenvalue weighted by atomic mass is 19.1. The number of carboxylic acid groups (broad SMARTS) is 1. The molecule has 2 atom stereocenters. The Kier molecular flexibility index (Phi) is 6.91. The van der Waals surface area contributed by atoms with Gasteiger partial charge < -0.3 is 25.8 Å². The van der Waals surface area contributed by atoms with Gasteiger partial charge in [0.05, 0.1) is 43.0 Å². The van der Waals surface area contributed by atoms with Gasteiger partial charge in [-0.05, 0) is 37.8 Å². The van der Waals surface area contributed by atoms with Crippen molar-refractivity contribution in [3.05, 3.63) is 42.1 Å². The minimum atomic E-state index is -1.16. The predicted molar refractivity (Wildman–Crippen MR) is 123 cm³/mol. The first-order valence-electron chi connectivity index (χ1n) is 10.9. The Balaban J connectivity index is 1.64. The van der Waals surface area contributed by atoms with Crippen LogP contribution in [0.25, 0.3) is 5.69 Å². The molecule has 3 heterocycles. The molecule has 1 amide bonds. The normalized spacial score (nSPS) is 14.8. The van der Waals surface area contributed by atoms with E-state index in [4.69, 9.17) is 9.84 Å². The molecule has 4 N–H and O–H groups in total. The maximum absolute atomic E-state index is 14.9. The minimum absolute atomic E-state index is 0.0143. The van der Waals surface area contributed by atoms with Gasteiger partial charge in [-0.1, -0.05) is 6.42 Å². The monoisotopic (exact) mass is 481 g/mol. The average Bonchev–Trinajstić information content (AvgIpc) is 3.33. The summed E-state index contributed by atoms with van der Waals surface area (Å²) < 4.78 is 20.2. The number of ether oxygens (including phenoxy) is 1. The van der Waals surface area contributed by atoms with Crippen LogP contribution in [0.4, 0.5) is 26.5 Å². The SMILES string of the molecule is COc1ncc(Nc2nc(N[C@H](C3CCC3)[C@H](C)NC(=O)O)c(F)cc2C#N)cc1-n1nccn1. The van der Waals surface area contributed by atoms with Crippen molar-refractivity contribution in [2.75, 3.05) is 17.7 Å². The molecule has 12 nitrogen and oxygen atoms in total. The molecule has 0 bridgehead atoms. The highest BCUT2D eigenvalue weighted by Crippen LogP contribution is 2.34. The predicted octanol–water partition coefficient (Wildman–Crippen LogP) is 3.06. The number of amides is 1. The zero-order chi connectivity index (χ0) is 24.9. The van der Waals surface area contributed by atoms with Crippen molar-refractivity contribution in [3.63, 3.8) is 0 Å². The summed E-state index contributed by atoms with van der Waals surface area (Å²) in [5.41, 5.74) is 0.871. The number of pyridine rings is 2. The van der Waals surface area contributed by atoms with Gasteiger partial charge in [-0.25, -0.2) is 19.2 Å². The minimum Gasteiger partial charge on any atom is -0.479 e. The molecule has 0 unspecified atom stereocenters. The summed E-state index contributed by atoms with van der Waals surface area (Å²) >= 11 is 0. The van der Waals surface area contributed by atoms with Crippen LogP contribution < -0.4 is 20.7 Å². The van der Waals surface area contributed by atoms with Crippen molar-refractivity contribution in [1.82, 2.24) is 30.3 Å². The number of carbonyl (C=O) groups is 1. The van der Waals surface area contributed by atoms with Gasteiger partial charge in [-0.3, -0.25) is 0 Å². The number of nitrogens with one attached hydrogen (secondary N) is 3.